The second-order valence-corrected chi connectivity index (χ2v) is 7.75. The summed E-state index contributed by atoms with van der Waals surface area (Å²) in [7, 11) is 0. The molecule has 0 aliphatic carbocycles. The van der Waals surface area contributed by atoms with Crippen LogP contribution in [0.4, 0.5) is 0 Å². The zero-order valence-electron chi connectivity index (χ0n) is 18.3. The second kappa shape index (κ2) is 9.99. The van der Waals surface area contributed by atoms with Crippen molar-refractivity contribution < 1.29 is 14.7 Å². The number of rotatable bonds is 9. The third-order valence-electron chi connectivity index (χ3n) is 5.28. The number of nitrogens with zero attached hydrogens (tertiary/aromatic N) is 4. The number of pyridine rings is 1. The molecular formula is C26H24N4O3. The van der Waals surface area contributed by atoms with Gasteiger partial charge in [-0.15, -0.1) is 5.10 Å². The van der Waals surface area contributed by atoms with Crippen molar-refractivity contribution in [3.8, 4) is 11.3 Å². The standard InChI is InChI=1S/C26H24N4O3/c1-2-7-23-28-25(22(31)16-18-8-4-3-5-9-18)29-30(23)17-19-11-13-20(14-12-19)24-21(26(32)33)10-6-15-27-24/h3-6,8-15H,2,7,16-17H2,1H3,(H,32,33). The van der Waals surface area contributed by atoms with Crippen LogP contribution in [0.15, 0.2) is 72.9 Å². The van der Waals surface area contributed by atoms with Crippen molar-refractivity contribution in [3.63, 3.8) is 0 Å². The molecule has 0 bridgehead atoms. The Labute approximate surface area is 191 Å². The Balaban J connectivity index is 1.55. The fourth-order valence-corrected chi connectivity index (χ4v) is 3.64. The summed E-state index contributed by atoms with van der Waals surface area (Å²) in [4.78, 5) is 33.0. The molecule has 4 aromatic rings. The average molecular weight is 441 g/mol. The molecule has 0 saturated carbocycles. The van der Waals surface area contributed by atoms with Crippen molar-refractivity contribution in [2.24, 2.45) is 0 Å². The number of aryl methyl sites for hydroxylation is 1. The van der Waals surface area contributed by atoms with Gasteiger partial charge in [-0.1, -0.05) is 61.5 Å². The Morgan fingerprint density at radius 1 is 0.939 bits per heavy atom. The van der Waals surface area contributed by atoms with Crippen LogP contribution < -0.4 is 0 Å². The first-order valence-corrected chi connectivity index (χ1v) is 10.8. The Morgan fingerprint density at radius 3 is 2.39 bits per heavy atom. The van der Waals surface area contributed by atoms with Gasteiger partial charge in [0.1, 0.15) is 5.82 Å². The number of hydrogen-bond donors (Lipinski definition) is 1. The minimum absolute atomic E-state index is 0.107. The smallest absolute Gasteiger partial charge is 0.337 e. The van der Waals surface area contributed by atoms with Gasteiger partial charge in [-0.05, 0) is 29.7 Å². The highest BCUT2D eigenvalue weighted by Gasteiger charge is 2.17. The molecule has 0 atom stereocenters. The Bertz CT molecular complexity index is 1260. The van der Waals surface area contributed by atoms with Crippen LogP contribution in [0.3, 0.4) is 0 Å². The van der Waals surface area contributed by atoms with Gasteiger partial charge in [0, 0.05) is 24.6 Å². The van der Waals surface area contributed by atoms with E-state index in [0.717, 1.165) is 35.4 Å². The first-order chi connectivity index (χ1) is 16.0. The van der Waals surface area contributed by atoms with Crippen molar-refractivity contribution in [2.75, 3.05) is 0 Å². The summed E-state index contributed by atoms with van der Waals surface area (Å²) >= 11 is 0. The molecule has 33 heavy (non-hydrogen) atoms. The number of carboxylic acid groups (broad SMARTS) is 1. The lowest BCUT2D eigenvalue weighted by Crippen LogP contribution is -2.09. The Hall–Kier alpha value is -4.13. The SMILES string of the molecule is CCCc1nc(C(=O)Cc2ccccc2)nn1Cc1ccc(-c2ncccc2C(=O)O)cc1. The summed E-state index contributed by atoms with van der Waals surface area (Å²) in [5, 5.41) is 13.9. The molecule has 7 heteroatoms. The lowest BCUT2D eigenvalue weighted by Gasteiger charge is -2.08. The van der Waals surface area contributed by atoms with Gasteiger partial charge in [-0.3, -0.25) is 9.78 Å². The van der Waals surface area contributed by atoms with Gasteiger partial charge >= 0.3 is 5.97 Å². The number of carbonyl (C=O) groups excluding carboxylic acids is 1. The molecule has 2 heterocycles. The molecule has 0 aliphatic heterocycles. The molecule has 0 radical (unpaired) electrons. The molecule has 4 rings (SSSR count). The minimum atomic E-state index is -1.01. The Morgan fingerprint density at radius 2 is 1.70 bits per heavy atom. The van der Waals surface area contributed by atoms with E-state index in [9.17, 15) is 14.7 Å². The normalized spacial score (nSPS) is 10.8. The van der Waals surface area contributed by atoms with E-state index in [-0.39, 0.29) is 23.6 Å². The van der Waals surface area contributed by atoms with Crippen LogP contribution in [0, 0.1) is 0 Å². The minimum Gasteiger partial charge on any atom is -0.478 e. The van der Waals surface area contributed by atoms with Gasteiger partial charge in [0.25, 0.3) is 0 Å². The van der Waals surface area contributed by atoms with Crippen LogP contribution in [-0.2, 0) is 19.4 Å². The number of hydrogen-bond acceptors (Lipinski definition) is 5. The van der Waals surface area contributed by atoms with E-state index in [1.165, 1.54) is 0 Å². The molecule has 2 aromatic heterocycles. The molecule has 2 aromatic carbocycles. The average Bonchev–Trinajstić information content (AvgIpc) is 3.23. The van der Waals surface area contributed by atoms with E-state index < -0.39 is 5.97 Å². The van der Waals surface area contributed by atoms with E-state index in [1.807, 2.05) is 54.6 Å². The number of benzene rings is 2. The third-order valence-corrected chi connectivity index (χ3v) is 5.28. The van der Waals surface area contributed by atoms with Crippen molar-refractivity contribution >= 4 is 11.8 Å². The molecule has 0 amide bonds. The third kappa shape index (κ3) is 5.20. The fourth-order valence-electron chi connectivity index (χ4n) is 3.64. The highest BCUT2D eigenvalue weighted by Crippen LogP contribution is 2.22. The van der Waals surface area contributed by atoms with Gasteiger partial charge in [0.2, 0.25) is 11.6 Å². The van der Waals surface area contributed by atoms with Crippen LogP contribution in [0.2, 0.25) is 0 Å². The predicted octanol–water partition coefficient (Wildman–Crippen LogP) is 4.46. The molecular weight excluding hydrogens is 416 g/mol. The maximum atomic E-state index is 12.7. The monoisotopic (exact) mass is 440 g/mol. The van der Waals surface area contributed by atoms with Gasteiger partial charge in [0.05, 0.1) is 17.8 Å². The molecule has 7 nitrogen and oxygen atoms in total. The van der Waals surface area contributed by atoms with Crippen LogP contribution in [-0.4, -0.2) is 36.6 Å². The summed E-state index contributed by atoms with van der Waals surface area (Å²) in [5.74, 6) is -0.111. The number of ketones is 1. The van der Waals surface area contributed by atoms with Crippen molar-refractivity contribution in [1.29, 1.82) is 0 Å². The van der Waals surface area contributed by atoms with E-state index >= 15 is 0 Å². The van der Waals surface area contributed by atoms with Crippen LogP contribution in [0.5, 0.6) is 0 Å². The van der Waals surface area contributed by atoms with Gasteiger partial charge in [-0.25, -0.2) is 14.5 Å². The number of aromatic nitrogens is 4. The number of carbonyl (C=O) groups is 2. The number of carboxylic acids is 1. The molecule has 0 spiro atoms. The zero-order chi connectivity index (χ0) is 23.2. The highest BCUT2D eigenvalue weighted by molar-refractivity contribution is 5.95. The first-order valence-electron chi connectivity index (χ1n) is 10.8. The molecule has 0 unspecified atom stereocenters. The molecule has 0 fully saturated rings. The molecule has 0 aliphatic rings. The molecule has 1 N–H and O–H groups in total. The van der Waals surface area contributed by atoms with E-state index in [1.54, 1.807) is 23.0 Å². The lowest BCUT2D eigenvalue weighted by molar-refractivity contribution is 0.0697. The van der Waals surface area contributed by atoms with Crippen molar-refractivity contribution in [3.05, 3.63) is 101 Å². The maximum Gasteiger partial charge on any atom is 0.337 e. The second-order valence-electron chi connectivity index (χ2n) is 7.75. The van der Waals surface area contributed by atoms with Crippen LogP contribution >= 0.6 is 0 Å². The molecule has 166 valence electrons. The predicted molar refractivity (Wildman–Crippen MR) is 124 cm³/mol. The zero-order valence-corrected chi connectivity index (χ0v) is 18.3. The summed E-state index contributed by atoms with van der Waals surface area (Å²) in [6, 6.07) is 20.2. The van der Waals surface area contributed by atoms with Gasteiger partial charge < -0.3 is 5.11 Å². The van der Waals surface area contributed by atoms with E-state index in [4.69, 9.17) is 0 Å². The molecule has 0 saturated heterocycles. The van der Waals surface area contributed by atoms with Crippen molar-refractivity contribution in [2.45, 2.75) is 32.7 Å². The lowest BCUT2D eigenvalue weighted by atomic mass is 10.0. The first kappa shape index (κ1) is 22.1. The van der Waals surface area contributed by atoms with Crippen LogP contribution in [0.25, 0.3) is 11.3 Å². The number of aromatic carboxylic acids is 1. The van der Waals surface area contributed by atoms with E-state index in [2.05, 4.69) is 22.0 Å². The summed E-state index contributed by atoms with van der Waals surface area (Å²) in [6.45, 7) is 2.53. The maximum absolute atomic E-state index is 12.7. The van der Waals surface area contributed by atoms with Gasteiger partial charge in [-0.2, -0.15) is 0 Å². The quantitative estimate of drug-likeness (QED) is 0.386. The summed E-state index contributed by atoms with van der Waals surface area (Å²) in [6.07, 6.45) is 3.46. The Kier molecular flexibility index (Phi) is 6.69. The fraction of sp³-hybridized carbons (Fsp3) is 0.192. The van der Waals surface area contributed by atoms with Crippen molar-refractivity contribution in [1.82, 2.24) is 19.7 Å². The van der Waals surface area contributed by atoms with E-state index in [0.29, 0.717) is 12.2 Å². The van der Waals surface area contributed by atoms with Gasteiger partial charge in [0.15, 0.2) is 0 Å². The highest BCUT2D eigenvalue weighted by atomic mass is 16.4. The number of Topliss-reactive ketones (excluding diaryl/α,β-unsaturated/α-hetero) is 1. The topological polar surface area (TPSA) is 98.0 Å². The summed E-state index contributed by atoms with van der Waals surface area (Å²) in [5.41, 5.74) is 3.21. The largest absolute Gasteiger partial charge is 0.478 e. The summed E-state index contributed by atoms with van der Waals surface area (Å²) < 4.78 is 1.78. The van der Waals surface area contributed by atoms with Crippen LogP contribution in [0.1, 0.15) is 51.3 Å².